The van der Waals surface area contributed by atoms with Gasteiger partial charge in [-0.15, -0.1) is 0 Å². The van der Waals surface area contributed by atoms with Gasteiger partial charge in [0, 0.05) is 55.4 Å². The van der Waals surface area contributed by atoms with Crippen molar-refractivity contribution in [2.24, 2.45) is 7.05 Å². The molecule has 1 aliphatic rings. The van der Waals surface area contributed by atoms with Gasteiger partial charge in [0.1, 0.15) is 0 Å². The number of likely N-dealkylation sites (tertiary alicyclic amines) is 1. The van der Waals surface area contributed by atoms with Gasteiger partial charge in [-0.25, -0.2) is 0 Å². The van der Waals surface area contributed by atoms with Crippen LogP contribution in [-0.2, 0) is 13.5 Å². The summed E-state index contributed by atoms with van der Waals surface area (Å²) >= 11 is 0. The second-order valence-corrected chi connectivity index (χ2v) is 7.49. The van der Waals surface area contributed by atoms with Crippen LogP contribution in [0.5, 0.6) is 0 Å². The van der Waals surface area contributed by atoms with Crippen LogP contribution in [0.4, 0.5) is 0 Å². The van der Waals surface area contributed by atoms with Gasteiger partial charge in [-0.2, -0.15) is 0 Å². The molecule has 1 aromatic heterocycles. The second-order valence-electron chi connectivity index (χ2n) is 7.49. The van der Waals surface area contributed by atoms with Crippen LogP contribution in [-0.4, -0.2) is 41.1 Å². The number of rotatable bonds is 5. The molecule has 1 saturated heterocycles. The Morgan fingerprint density at radius 1 is 1.04 bits per heavy atom. The van der Waals surface area contributed by atoms with Crippen molar-refractivity contribution in [3.05, 3.63) is 71.9 Å². The minimum absolute atomic E-state index is 0.0461. The highest BCUT2D eigenvalue weighted by Gasteiger charge is 2.21. The third kappa shape index (κ3) is 4.06. The Morgan fingerprint density at radius 2 is 1.74 bits per heavy atom. The van der Waals surface area contributed by atoms with E-state index >= 15 is 0 Å². The van der Waals surface area contributed by atoms with Crippen LogP contribution < -0.4 is 5.32 Å². The van der Waals surface area contributed by atoms with Crippen LogP contribution in [0.3, 0.4) is 0 Å². The molecule has 0 aliphatic carbocycles. The summed E-state index contributed by atoms with van der Waals surface area (Å²) < 4.78 is 2.22. The van der Waals surface area contributed by atoms with Gasteiger partial charge in [0.2, 0.25) is 0 Å². The molecular formula is C23H27N3O. The fourth-order valence-corrected chi connectivity index (χ4v) is 4.06. The molecule has 4 rings (SSSR count). The van der Waals surface area contributed by atoms with Crippen LogP contribution >= 0.6 is 0 Å². The van der Waals surface area contributed by atoms with E-state index in [0.29, 0.717) is 0 Å². The molecule has 0 bridgehead atoms. The lowest BCUT2D eigenvalue weighted by atomic mass is 10.0. The first-order valence-corrected chi connectivity index (χ1v) is 9.82. The summed E-state index contributed by atoms with van der Waals surface area (Å²) in [6.07, 6.45) is 5.38. The number of carbonyl (C=O) groups excluding carboxylic acids is 1. The molecule has 1 N–H and O–H groups in total. The van der Waals surface area contributed by atoms with E-state index < -0.39 is 0 Å². The number of nitrogens with zero attached hydrogens (tertiary/aromatic N) is 2. The van der Waals surface area contributed by atoms with E-state index in [4.69, 9.17) is 0 Å². The molecule has 2 aromatic carbocycles. The summed E-state index contributed by atoms with van der Waals surface area (Å²) in [5.74, 6) is 0.0461. The first-order valence-electron chi connectivity index (χ1n) is 9.82. The summed E-state index contributed by atoms with van der Waals surface area (Å²) in [6, 6.07) is 18.4. The summed E-state index contributed by atoms with van der Waals surface area (Å²) in [6.45, 7) is 3.17. The maximum absolute atomic E-state index is 12.3. The molecule has 140 valence electrons. The van der Waals surface area contributed by atoms with E-state index in [0.717, 1.165) is 44.5 Å². The molecule has 1 aliphatic heterocycles. The monoisotopic (exact) mass is 361 g/mol. The van der Waals surface area contributed by atoms with Gasteiger partial charge < -0.3 is 14.8 Å². The minimum Gasteiger partial charge on any atom is -0.350 e. The lowest BCUT2D eigenvalue weighted by molar-refractivity contribution is 0.0911. The molecule has 0 unspecified atom stereocenters. The quantitative estimate of drug-likeness (QED) is 0.754. The zero-order chi connectivity index (χ0) is 18.6. The number of benzene rings is 2. The number of fused-ring (bicyclic) bond motifs is 1. The lowest BCUT2D eigenvalue weighted by Crippen LogP contribution is -2.45. The summed E-state index contributed by atoms with van der Waals surface area (Å²) in [5.41, 5.74) is 3.47. The first kappa shape index (κ1) is 17.8. The molecule has 3 aromatic rings. The molecule has 0 radical (unpaired) electrons. The molecule has 1 fully saturated rings. The topological polar surface area (TPSA) is 37.3 Å². The van der Waals surface area contributed by atoms with Crippen LogP contribution in [0, 0.1) is 0 Å². The van der Waals surface area contributed by atoms with E-state index in [-0.39, 0.29) is 11.9 Å². The van der Waals surface area contributed by atoms with E-state index in [1.54, 1.807) is 0 Å². The van der Waals surface area contributed by atoms with E-state index in [1.165, 1.54) is 16.5 Å². The lowest BCUT2D eigenvalue weighted by Gasteiger charge is -2.32. The van der Waals surface area contributed by atoms with Crippen molar-refractivity contribution in [1.82, 2.24) is 14.8 Å². The standard InChI is InChI=1S/C23H27N3O/c1-25-17-19(21-9-5-6-10-22(21)25)11-14-26-15-12-20(13-16-26)24-23(27)18-7-3-2-4-8-18/h2-10,17,20H,11-16H2,1H3,(H,24,27). The Bertz CT molecular complexity index is 908. The Hall–Kier alpha value is -2.59. The smallest absolute Gasteiger partial charge is 0.251 e. The molecule has 4 nitrogen and oxygen atoms in total. The summed E-state index contributed by atoms with van der Waals surface area (Å²) in [7, 11) is 2.12. The van der Waals surface area contributed by atoms with E-state index in [1.807, 2.05) is 30.3 Å². The average molecular weight is 361 g/mol. The van der Waals surface area contributed by atoms with Gasteiger partial charge in [0.15, 0.2) is 0 Å². The van der Waals surface area contributed by atoms with E-state index in [2.05, 4.69) is 52.3 Å². The number of carbonyl (C=O) groups is 1. The fraction of sp³-hybridized carbons (Fsp3) is 0.348. The van der Waals surface area contributed by atoms with Gasteiger partial charge in [0.25, 0.3) is 5.91 Å². The van der Waals surface area contributed by atoms with Crippen molar-refractivity contribution in [3.8, 4) is 0 Å². The second kappa shape index (κ2) is 7.97. The third-order valence-corrected chi connectivity index (χ3v) is 5.64. The number of piperidine rings is 1. The number of nitrogens with one attached hydrogen (secondary N) is 1. The number of hydrogen-bond acceptors (Lipinski definition) is 2. The Morgan fingerprint density at radius 3 is 2.52 bits per heavy atom. The maximum Gasteiger partial charge on any atom is 0.251 e. The van der Waals surface area contributed by atoms with Crippen molar-refractivity contribution >= 4 is 16.8 Å². The zero-order valence-corrected chi connectivity index (χ0v) is 15.9. The molecule has 0 saturated carbocycles. The molecule has 2 heterocycles. The predicted octanol–water partition coefficient (Wildman–Crippen LogP) is 3.62. The van der Waals surface area contributed by atoms with Gasteiger partial charge in [-0.05, 0) is 43.0 Å². The Labute approximate surface area is 160 Å². The van der Waals surface area contributed by atoms with Crippen LogP contribution in [0.15, 0.2) is 60.8 Å². The van der Waals surface area contributed by atoms with Crippen molar-refractivity contribution in [2.75, 3.05) is 19.6 Å². The zero-order valence-electron chi connectivity index (χ0n) is 15.9. The highest BCUT2D eigenvalue weighted by molar-refractivity contribution is 5.94. The SMILES string of the molecule is Cn1cc(CCN2CCC(NC(=O)c3ccccc3)CC2)c2ccccc21. The molecule has 0 spiro atoms. The van der Waals surface area contributed by atoms with Crippen LogP contribution in [0.1, 0.15) is 28.8 Å². The fourth-order valence-electron chi connectivity index (χ4n) is 4.06. The third-order valence-electron chi connectivity index (χ3n) is 5.64. The highest BCUT2D eigenvalue weighted by atomic mass is 16.1. The number of amides is 1. The average Bonchev–Trinajstić information content (AvgIpc) is 3.04. The van der Waals surface area contributed by atoms with Gasteiger partial charge >= 0.3 is 0 Å². The molecule has 27 heavy (non-hydrogen) atoms. The normalized spacial score (nSPS) is 15.9. The Kier molecular flexibility index (Phi) is 5.26. The molecular weight excluding hydrogens is 334 g/mol. The Balaban J connectivity index is 1.28. The van der Waals surface area contributed by atoms with Crippen molar-refractivity contribution < 1.29 is 4.79 Å². The molecule has 4 heteroatoms. The minimum atomic E-state index is 0.0461. The van der Waals surface area contributed by atoms with Crippen molar-refractivity contribution in [3.63, 3.8) is 0 Å². The van der Waals surface area contributed by atoms with Gasteiger partial charge in [-0.3, -0.25) is 4.79 Å². The maximum atomic E-state index is 12.3. The van der Waals surface area contributed by atoms with Crippen LogP contribution in [0.2, 0.25) is 0 Å². The summed E-state index contributed by atoms with van der Waals surface area (Å²) in [5, 5.41) is 4.55. The molecule has 0 atom stereocenters. The van der Waals surface area contributed by atoms with Crippen molar-refractivity contribution in [2.45, 2.75) is 25.3 Å². The number of aromatic nitrogens is 1. The van der Waals surface area contributed by atoms with Gasteiger partial charge in [-0.1, -0.05) is 36.4 Å². The number of aryl methyl sites for hydroxylation is 1. The van der Waals surface area contributed by atoms with Crippen LogP contribution in [0.25, 0.3) is 10.9 Å². The first-order chi connectivity index (χ1) is 13.2. The number of hydrogen-bond donors (Lipinski definition) is 1. The van der Waals surface area contributed by atoms with Crippen molar-refractivity contribution in [1.29, 1.82) is 0 Å². The largest absolute Gasteiger partial charge is 0.350 e. The number of para-hydroxylation sites is 1. The summed E-state index contributed by atoms with van der Waals surface area (Å²) in [4.78, 5) is 14.8. The van der Waals surface area contributed by atoms with Gasteiger partial charge in [0.05, 0.1) is 0 Å². The highest BCUT2D eigenvalue weighted by Crippen LogP contribution is 2.21. The predicted molar refractivity (Wildman–Crippen MR) is 110 cm³/mol. The molecule has 1 amide bonds. The van der Waals surface area contributed by atoms with E-state index in [9.17, 15) is 4.79 Å².